The Labute approximate surface area is 140 Å². The van der Waals surface area contributed by atoms with E-state index in [1.54, 1.807) is 30.3 Å². The zero-order valence-corrected chi connectivity index (χ0v) is 13.5. The lowest BCUT2D eigenvalue weighted by atomic mass is 10.0. The topological polar surface area (TPSA) is 66.4 Å². The number of anilines is 1. The van der Waals surface area contributed by atoms with Gasteiger partial charge in [0.15, 0.2) is 0 Å². The number of para-hydroxylation sites is 1. The predicted molar refractivity (Wildman–Crippen MR) is 93.0 cm³/mol. The lowest BCUT2D eigenvalue weighted by Crippen LogP contribution is -2.15. The Hall–Kier alpha value is -2.66. The van der Waals surface area contributed by atoms with Crippen LogP contribution in [0.3, 0.4) is 0 Å². The summed E-state index contributed by atoms with van der Waals surface area (Å²) in [6, 6.07) is 17.4. The number of amides is 1. The minimum atomic E-state index is -1.08. The predicted octanol–water partition coefficient (Wildman–Crippen LogP) is 4.55. The summed E-state index contributed by atoms with van der Waals surface area (Å²) in [5.41, 5.74) is 0.822. The summed E-state index contributed by atoms with van der Waals surface area (Å²) in [7, 11) is 0. The Morgan fingerprint density at radius 3 is 2.26 bits per heavy atom. The van der Waals surface area contributed by atoms with E-state index in [1.165, 1.54) is 6.07 Å². The molecule has 0 radical (unpaired) electrons. The van der Waals surface area contributed by atoms with Crippen molar-refractivity contribution in [2.75, 3.05) is 5.32 Å². The normalized spacial score (nSPS) is 10.5. The summed E-state index contributed by atoms with van der Waals surface area (Å²) in [6.45, 7) is 0. The highest BCUT2D eigenvalue weighted by Crippen LogP contribution is 2.27. The molecular formula is C18H12BrNO3. The number of rotatable bonds is 3. The standard InChI is InChI=1S/C18H12BrNO3/c19-15-9-4-6-11-12(15)7-3-8-13(11)17(21)20-16-10-2-1-5-14(16)18(22)23/h1-10H,(H,20,21)(H,22,23). The number of carboxylic acid groups (broad SMARTS) is 1. The van der Waals surface area contributed by atoms with Crippen molar-refractivity contribution in [1.29, 1.82) is 0 Å². The third-order valence-electron chi connectivity index (χ3n) is 3.52. The first kappa shape index (κ1) is 15.2. The fourth-order valence-electron chi connectivity index (χ4n) is 2.44. The molecule has 0 atom stereocenters. The quantitative estimate of drug-likeness (QED) is 0.711. The van der Waals surface area contributed by atoms with E-state index in [0.29, 0.717) is 5.56 Å². The van der Waals surface area contributed by atoms with Crippen molar-refractivity contribution >= 4 is 44.3 Å². The zero-order valence-electron chi connectivity index (χ0n) is 11.9. The second-order valence-electron chi connectivity index (χ2n) is 4.95. The Morgan fingerprint density at radius 1 is 0.826 bits per heavy atom. The third kappa shape index (κ3) is 2.96. The summed E-state index contributed by atoms with van der Waals surface area (Å²) in [6.07, 6.45) is 0. The molecule has 0 aromatic heterocycles. The zero-order chi connectivity index (χ0) is 16.4. The maximum Gasteiger partial charge on any atom is 0.337 e. The molecule has 3 aromatic carbocycles. The molecule has 0 aliphatic heterocycles. The summed E-state index contributed by atoms with van der Waals surface area (Å²) >= 11 is 3.47. The van der Waals surface area contributed by atoms with E-state index in [9.17, 15) is 14.7 Å². The number of aromatic carboxylic acids is 1. The number of hydrogen-bond acceptors (Lipinski definition) is 2. The number of hydrogen-bond donors (Lipinski definition) is 2. The van der Waals surface area contributed by atoms with Crippen LogP contribution < -0.4 is 5.32 Å². The molecule has 0 bridgehead atoms. The second kappa shape index (κ2) is 6.22. The highest BCUT2D eigenvalue weighted by atomic mass is 79.9. The number of nitrogens with one attached hydrogen (secondary N) is 1. The van der Waals surface area contributed by atoms with Crippen molar-refractivity contribution in [2.24, 2.45) is 0 Å². The van der Waals surface area contributed by atoms with Crippen LogP contribution in [-0.4, -0.2) is 17.0 Å². The average molecular weight is 370 g/mol. The Balaban J connectivity index is 2.03. The van der Waals surface area contributed by atoms with Gasteiger partial charge in [-0.1, -0.05) is 52.3 Å². The molecular weight excluding hydrogens is 358 g/mol. The van der Waals surface area contributed by atoms with E-state index in [2.05, 4.69) is 21.2 Å². The van der Waals surface area contributed by atoms with Gasteiger partial charge in [-0.05, 0) is 35.0 Å². The molecule has 0 aliphatic rings. The van der Waals surface area contributed by atoms with Gasteiger partial charge >= 0.3 is 5.97 Å². The number of benzene rings is 3. The summed E-state index contributed by atoms with van der Waals surface area (Å²) in [5, 5.41) is 13.6. The lowest BCUT2D eigenvalue weighted by molar-refractivity contribution is 0.0698. The summed E-state index contributed by atoms with van der Waals surface area (Å²) in [4.78, 5) is 23.8. The van der Waals surface area contributed by atoms with Crippen LogP contribution in [0, 0.1) is 0 Å². The van der Waals surface area contributed by atoms with E-state index < -0.39 is 5.97 Å². The first-order valence-electron chi connectivity index (χ1n) is 6.89. The Kier molecular flexibility index (Phi) is 4.12. The SMILES string of the molecule is O=C(O)c1ccccc1NC(=O)c1cccc2c(Br)cccc12. The van der Waals surface area contributed by atoms with Crippen molar-refractivity contribution in [3.05, 3.63) is 76.3 Å². The van der Waals surface area contributed by atoms with Crippen molar-refractivity contribution in [3.63, 3.8) is 0 Å². The first-order valence-corrected chi connectivity index (χ1v) is 7.68. The van der Waals surface area contributed by atoms with Gasteiger partial charge in [0.1, 0.15) is 0 Å². The minimum Gasteiger partial charge on any atom is -0.478 e. The molecule has 0 unspecified atom stereocenters. The molecule has 0 heterocycles. The van der Waals surface area contributed by atoms with Gasteiger partial charge in [-0.15, -0.1) is 0 Å². The smallest absolute Gasteiger partial charge is 0.337 e. The van der Waals surface area contributed by atoms with Gasteiger partial charge in [0, 0.05) is 10.0 Å². The maximum atomic E-state index is 12.6. The molecule has 114 valence electrons. The number of fused-ring (bicyclic) bond motifs is 1. The average Bonchev–Trinajstić information content (AvgIpc) is 2.55. The molecule has 0 fully saturated rings. The van der Waals surface area contributed by atoms with E-state index >= 15 is 0 Å². The van der Waals surface area contributed by atoms with Gasteiger partial charge in [-0.3, -0.25) is 4.79 Å². The highest BCUT2D eigenvalue weighted by Gasteiger charge is 2.15. The number of carboxylic acids is 1. The summed E-state index contributed by atoms with van der Waals surface area (Å²) < 4.78 is 0.899. The Bertz CT molecular complexity index is 921. The molecule has 0 aliphatic carbocycles. The minimum absolute atomic E-state index is 0.0577. The van der Waals surface area contributed by atoms with Crippen LogP contribution >= 0.6 is 15.9 Å². The van der Waals surface area contributed by atoms with Crippen molar-refractivity contribution in [1.82, 2.24) is 0 Å². The largest absolute Gasteiger partial charge is 0.478 e. The van der Waals surface area contributed by atoms with Crippen LogP contribution in [0.25, 0.3) is 10.8 Å². The van der Waals surface area contributed by atoms with Crippen molar-refractivity contribution in [3.8, 4) is 0 Å². The fourth-order valence-corrected chi connectivity index (χ4v) is 2.94. The highest BCUT2D eigenvalue weighted by molar-refractivity contribution is 9.10. The van der Waals surface area contributed by atoms with Crippen molar-refractivity contribution in [2.45, 2.75) is 0 Å². The number of carbonyl (C=O) groups excluding carboxylic acids is 1. The van der Waals surface area contributed by atoms with Crippen LogP contribution in [0.4, 0.5) is 5.69 Å². The number of carbonyl (C=O) groups is 2. The van der Waals surface area contributed by atoms with Crippen LogP contribution in [0.5, 0.6) is 0 Å². The molecule has 3 aromatic rings. The van der Waals surface area contributed by atoms with Crippen LogP contribution in [0.1, 0.15) is 20.7 Å². The molecule has 4 nitrogen and oxygen atoms in total. The van der Waals surface area contributed by atoms with Gasteiger partial charge in [0.05, 0.1) is 11.3 Å². The first-order chi connectivity index (χ1) is 11.1. The molecule has 5 heteroatoms. The molecule has 0 saturated carbocycles. The molecule has 3 rings (SSSR count). The van der Waals surface area contributed by atoms with E-state index in [1.807, 2.05) is 24.3 Å². The van der Waals surface area contributed by atoms with E-state index in [0.717, 1.165) is 15.2 Å². The maximum absolute atomic E-state index is 12.6. The second-order valence-corrected chi connectivity index (χ2v) is 5.80. The molecule has 1 amide bonds. The van der Waals surface area contributed by atoms with Gasteiger partial charge in [-0.25, -0.2) is 4.79 Å². The van der Waals surface area contributed by atoms with Crippen LogP contribution in [-0.2, 0) is 0 Å². The van der Waals surface area contributed by atoms with E-state index in [-0.39, 0.29) is 17.2 Å². The van der Waals surface area contributed by atoms with Gasteiger partial charge in [0.2, 0.25) is 0 Å². The molecule has 23 heavy (non-hydrogen) atoms. The monoisotopic (exact) mass is 369 g/mol. The Morgan fingerprint density at radius 2 is 1.48 bits per heavy atom. The molecule has 2 N–H and O–H groups in total. The fraction of sp³-hybridized carbons (Fsp3) is 0. The molecule has 0 saturated heterocycles. The third-order valence-corrected chi connectivity index (χ3v) is 4.21. The number of halogens is 1. The van der Waals surface area contributed by atoms with E-state index in [4.69, 9.17) is 0 Å². The lowest BCUT2D eigenvalue weighted by Gasteiger charge is -2.10. The molecule has 0 spiro atoms. The van der Waals surface area contributed by atoms with Crippen LogP contribution in [0.15, 0.2) is 65.1 Å². The van der Waals surface area contributed by atoms with Gasteiger partial charge < -0.3 is 10.4 Å². The van der Waals surface area contributed by atoms with Crippen molar-refractivity contribution < 1.29 is 14.7 Å². The van der Waals surface area contributed by atoms with Crippen LogP contribution in [0.2, 0.25) is 0 Å². The summed E-state index contributed by atoms with van der Waals surface area (Å²) in [5.74, 6) is -1.43. The van der Waals surface area contributed by atoms with Gasteiger partial charge in [-0.2, -0.15) is 0 Å². The van der Waals surface area contributed by atoms with Gasteiger partial charge in [0.25, 0.3) is 5.91 Å².